The molecule has 0 aliphatic rings. The lowest BCUT2D eigenvalue weighted by Crippen LogP contribution is -2.12. The maximum absolute atomic E-state index is 12.1. The Hall–Kier alpha value is -2.84. The molecule has 9 heteroatoms. The second kappa shape index (κ2) is 8.67. The lowest BCUT2D eigenvalue weighted by Gasteiger charge is -2.06. The third kappa shape index (κ3) is 4.96. The van der Waals surface area contributed by atoms with Gasteiger partial charge in [-0.15, -0.1) is 0 Å². The quantitative estimate of drug-likeness (QED) is 0.412. The van der Waals surface area contributed by atoms with Gasteiger partial charge in [-0.05, 0) is 36.8 Å². The van der Waals surface area contributed by atoms with Crippen molar-refractivity contribution in [2.75, 3.05) is 5.32 Å². The van der Waals surface area contributed by atoms with Crippen LogP contribution < -0.4 is 5.32 Å². The first kappa shape index (κ1) is 19.5. The number of hydrogen-bond acceptors (Lipinski definition) is 7. The van der Waals surface area contributed by atoms with Crippen LogP contribution in [0.1, 0.15) is 23.7 Å². The normalized spacial score (nSPS) is 11.1. The van der Waals surface area contributed by atoms with Gasteiger partial charge in [-0.3, -0.25) is 4.79 Å². The van der Waals surface area contributed by atoms with Crippen LogP contribution >= 0.6 is 23.4 Å². The van der Waals surface area contributed by atoms with E-state index in [-0.39, 0.29) is 12.3 Å². The van der Waals surface area contributed by atoms with Crippen molar-refractivity contribution in [3.63, 3.8) is 0 Å². The fraction of sp³-hybridized carbons (Fsp3) is 0.200. The summed E-state index contributed by atoms with van der Waals surface area (Å²) in [7, 11) is 0. The molecule has 0 bridgehead atoms. The zero-order valence-corrected chi connectivity index (χ0v) is 17.1. The first-order valence-electron chi connectivity index (χ1n) is 8.92. The number of thioether (sulfide) groups is 1. The third-order valence-electron chi connectivity index (χ3n) is 4.13. The van der Waals surface area contributed by atoms with E-state index in [1.807, 2.05) is 43.3 Å². The van der Waals surface area contributed by atoms with Crippen LogP contribution in [0.5, 0.6) is 0 Å². The maximum atomic E-state index is 12.1. The van der Waals surface area contributed by atoms with E-state index in [9.17, 15) is 4.79 Å². The molecule has 2 heterocycles. The van der Waals surface area contributed by atoms with Crippen molar-refractivity contribution in [1.82, 2.24) is 15.1 Å². The Morgan fingerprint density at radius 2 is 2.07 bits per heavy atom. The summed E-state index contributed by atoms with van der Waals surface area (Å²) >= 11 is 7.46. The van der Waals surface area contributed by atoms with Crippen LogP contribution in [0.3, 0.4) is 0 Å². The van der Waals surface area contributed by atoms with Gasteiger partial charge in [0, 0.05) is 23.6 Å². The predicted octanol–water partition coefficient (Wildman–Crippen LogP) is 5.04. The van der Waals surface area contributed by atoms with Crippen molar-refractivity contribution in [1.29, 1.82) is 0 Å². The summed E-state index contributed by atoms with van der Waals surface area (Å²) in [5, 5.41) is 7.91. The molecule has 0 spiro atoms. The molecule has 29 heavy (non-hydrogen) atoms. The molecule has 4 aromatic rings. The molecule has 2 aromatic heterocycles. The van der Waals surface area contributed by atoms with E-state index in [0.29, 0.717) is 39.8 Å². The van der Waals surface area contributed by atoms with Gasteiger partial charge < -0.3 is 14.3 Å². The second-order valence-corrected chi connectivity index (χ2v) is 7.69. The van der Waals surface area contributed by atoms with Gasteiger partial charge in [-0.2, -0.15) is 4.98 Å². The second-order valence-electron chi connectivity index (χ2n) is 6.35. The standard InChI is InChI=1S/C20H17ClN4O3S/c1-12-6-7-13(10-14(12)21)22-18(26)8-9-19-24-17(25-28-19)11-29-20-23-15-4-2-3-5-16(15)27-20/h2-7,10H,8-9,11H2,1H3,(H,22,26). The molecule has 0 fully saturated rings. The monoisotopic (exact) mass is 428 g/mol. The number of anilines is 1. The molecule has 0 aliphatic heterocycles. The van der Waals surface area contributed by atoms with Crippen LogP contribution in [0.15, 0.2) is 56.6 Å². The Balaban J connectivity index is 1.27. The third-order valence-corrected chi connectivity index (χ3v) is 5.36. The van der Waals surface area contributed by atoms with Gasteiger partial charge >= 0.3 is 0 Å². The summed E-state index contributed by atoms with van der Waals surface area (Å²) in [6.07, 6.45) is 0.581. The van der Waals surface area contributed by atoms with E-state index in [2.05, 4.69) is 20.4 Å². The predicted molar refractivity (Wildman–Crippen MR) is 111 cm³/mol. The topological polar surface area (TPSA) is 94.1 Å². The maximum Gasteiger partial charge on any atom is 0.257 e. The highest BCUT2D eigenvalue weighted by Gasteiger charge is 2.12. The molecule has 0 aliphatic carbocycles. The number of aryl methyl sites for hydroxylation is 2. The molecule has 0 saturated heterocycles. The minimum Gasteiger partial charge on any atom is -0.431 e. The summed E-state index contributed by atoms with van der Waals surface area (Å²) < 4.78 is 10.9. The number of carbonyl (C=O) groups excluding carboxylic acids is 1. The van der Waals surface area contributed by atoms with Crippen LogP contribution in [-0.4, -0.2) is 21.0 Å². The van der Waals surface area contributed by atoms with Gasteiger partial charge in [-0.1, -0.05) is 46.7 Å². The van der Waals surface area contributed by atoms with E-state index in [4.69, 9.17) is 20.5 Å². The molecule has 0 radical (unpaired) electrons. The first-order chi connectivity index (χ1) is 14.1. The van der Waals surface area contributed by atoms with Gasteiger partial charge in [0.25, 0.3) is 5.22 Å². The molecule has 2 aromatic carbocycles. The Bertz CT molecular complexity index is 1120. The number of nitrogens with zero attached hydrogens (tertiary/aromatic N) is 3. The number of rotatable bonds is 7. The molecule has 0 unspecified atom stereocenters. The number of hydrogen-bond donors (Lipinski definition) is 1. The Morgan fingerprint density at radius 1 is 1.21 bits per heavy atom. The first-order valence-corrected chi connectivity index (χ1v) is 10.3. The Morgan fingerprint density at radius 3 is 2.90 bits per heavy atom. The zero-order valence-electron chi connectivity index (χ0n) is 15.5. The van der Waals surface area contributed by atoms with E-state index in [1.165, 1.54) is 11.8 Å². The molecule has 4 rings (SSSR count). The molecule has 1 N–H and O–H groups in total. The number of para-hydroxylation sites is 2. The highest BCUT2D eigenvalue weighted by molar-refractivity contribution is 7.98. The molecule has 1 amide bonds. The summed E-state index contributed by atoms with van der Waals surface area (Å²) in [6, 6.07) is 13.0. The summed E-state index contributed by atoms with van der Waals surface area (Å²) in [5.74, 6) is 1.25. The van der Waals surface area contributed by atoms with Crippen molar-refractivity contribution in [3.05, 3.63) is 64.8 Å². The fourth-order valence-electron chi connectivity index (χ4n) is 2.60. The number of oxazole rings is 1. The summed E-state index contributed by atoms with van der Waals surface area (Å²) in [6.45, 7) is 1.91. The van der Waals surface area contributed by atoms with E-state index < -0.39 is 0 Å². The highest BCUT2D eigenvalue weighted by atomic mass is 35.5. The average molecular weight is 429 g/mol. The van der Waals surface area contributed by atoms with Gasteiger partial charge in [0.1, 0.15) is 5.52 Å². The zero-order chi connectivity index (χ0) is 20.2. The van der Waals surface area contributed by atoms with Gasteiger partial charge in [-0.25, -0.2) is 4.98 Å². The minimum atomic E-state index is -0.148. The van der Waals surface area contributed by atoms with Crippen molar-refractivity contribution < 1.29 is 13.7 Å². The van der Waals surface area contributed by atoms with Crippen molar-refractivity contribution in [3.8, 4) is 0 Å². The van der Waals surface area contributed by atoms with Crippen LogP contribution in [0.25, 0.3) is 11.1 Å². The number of carbonyl (C=O) groups is 1. The average Bonchev–Trinajstić information content (AvgIpc) is 3.34. The smallest absolute Gasteiger partial charge is 0.257 e. The van der Waals surface area contributed by atoms with Crippen molar-refractivity contribution >= 4 is 46.1 Å². The van der Waals surface area contributed by atoms with Crippen LogP contribution in [0, 0.1) is 6.92 Å². The molecule has 148 valence electrons. The number of nitrogens with one attached hydrogen (secondary N) is 1. The van der Waals surface area contributed by atoms with Crippen molar-refractivity contribution in [2.24, 2.45) is 0 Å². The summed E-state index contributed by atoms with van der Waals surface area (Å²) in [4.78, 5) is 20.8. The van der Waals surface area contributed by atoms with E-state index in [0.717, 1.165) is 16.7 Å². The van der Waals surface area contributed by atoms with Crippen LogP contribution in [0.2, 0.25) is 5.02 Å². The van der Waals surface area contributed by atoms with Crippen LogP contribution in [-0.2, 0) is 17.0 Å². The highest BCUT2D eigenvalue weighted by Crippen LogP contribution is 2.25. The number of fused-ring (bicyclic) bond motifs is 1. The number of amides is 1. The molecule has 0 saturated carbocycles. The van der Waals surface area contributed by atoms with Crippen LogP contribution in [0.4, 0.5) is 5.69 Å². The van der Waals surface area contributed by atoms with Gasteiger partial charge in [0.05, 0.1) is 5.75 Å². The summed E-state index contributed by atoms with van der Waals surface area (Å²) in [5.41, 5.74) is 3.17. The van der Waals surface area contributed by atoms with Gasteiger partial charge in [0.2, 0.25) is 11.8 Å². The molecule has 7 nitrogen and oxygen atoms in total. The molecule has 0 atom stereocenters. The lowest BCUT2D eigenvalue weighted by molar-refractivity contribution is -0.116. The lowest BCUT2D eigenvalue weighted by atomic mass is 10.2. The van der Waals surface area contributed by atoms with Crippen molar-refractivity contribution in [2.45, 2.75) is 30.7 Å². The Kier molecular flexibility index (Phi) is 5.82. The van der Waals surface area contributed by atoms with Gasteiger partial charge in [0.15, 0.2) is 11.4 Å². The molecular formula is C20H17ClN4O3S. The Labute approximate surface area is 175 Å². The minimum absolute atomic E-state index is 0.148. The number of benzene rings is 2. The number of aromatic nitrogens is 3. The van der Waals surface area contributed by atoms with E-state index >= 15 is 0 Å². The largest absolute Gasteiger partial charge is 0.431 e. The SMILES string of the molecule is Cc1ccc(NC(=O)CCc2nc(CSc3nc4ccccc4o3)no2)cc1Cl. The fourth-order valence-corrected chi connectivity index (χ4v) is 3.47. The molecular weight excluding hydrogens is 412 g/mol. The number of halogens is 1. The van der Waals surface area contributed by atoms with E-state index in [1.54, 1.807) is 6.07 Å².